The molecule has 1 amide bonds. The molecule has 182 valence electrons. The fraction of sp³-hybridized carbons (Fsp3) is 0.214. The van der Waals surface area contributed by atoms with Crippen LogP contribution in [0.25, 0.3) is 5.69 Å². The zero-order valence-corrected chi connectivity index (χ0v) is 20.9. The van der Waals surface area contributed by atoms with Crippen molar-refractivity contribution in [3.05, 3.63) is 108 Å². The van der Waals surface area contributed by atoms with Crippen LogP contribution in [0.1, 0.15) is 42.4 Å². The number of carbonyl (C=O) groups excluding carboxylic acids is 1. The predicted octanol–water partition coefficient (Wildman–Crippen LogP) is 4.83. The number of amides is 1. The molecule has 7 nitrogen and oxygen atoms in total. The number of anilines is 1. The van der Waals surface area contributed by atoms with Crippen molar-refractivity contribution in [3.63, 3.8) is 0 Å². The minimum Gasteiger partial charge on any atom is -0.352 e. The van der Waals surface area contributed by atoms with E-state index in [-0.39, 0.29) is 18.0 Å². The average molecular weight is 497 g/mol. The molecule has 2 atom stereocenters. The molecule has 1 aliphatic heterocycles. The summed E-state index contributed by atoms with van der Waals surface area (Å²) in [5.41, 5.74) is 4.88. The Hall–Kier alpha value is -4.04. The Bertz CT molecular complexity index is 1340. The third kappa shape index (κ3) is 4.85. The van der Waals surface area contributed by atoms with Crippen LogP contribution in [0.15, 0.2) is 91.5 Å². The predicted molar refractivity (Wildman–Crippen MR) is 145 cm³/mol. The molecule has 0 spiro atoms. The van der Waals surface area contributed by atoms with Gasteiger partial charge in [-0.1, -0.05) is 31.2 Å². The summed E-state index contributed by atoms with van der Waals surface area (Å²) in [5, 5.41) is 7.15. The summed E-state index contributed by atoms with van der Waals surface area (Å²) >= 11 is 5.78. The first-order valence-corrected chi connectivity index (χ1v) is 12.5. The van der Waals surface area contributed by atoms with Gasteiger partial charge in [-0.05, 0) is 66.7 Å². The van der Waals surface area contributed by atoms with E-state index in [9.17, 15) is 4.79 Å². The van der Waals surface area contributed by atoms with Crippen LogP contribution in [0.4, 0.5) is 5.69 Å². The Balaban J connectivity index is 1.43. The van der Waals surface area contributed by atoms with E-state index in [0.717, 1.165) is 34.7 Å². The summed E-state index contributed by atoms with van der Waals surface area (Å²) in [6.45, 7) is 2.55. The molecule has 2 unspecified atom stereocenters. The number of nitrogens with zero attached hydrogens (tertiary/aromatic N) is 4. The molecule has 5 rings (SSSR count). The standard InChI is InChI=1S/C28H28N6OS/c1-2-20-9-3-4-11-22(20)31-25(35)14-18-34-27(26(32-28(34)36)23-12-5-6-16-30-23)24-13-8-17-33(24)21-10-7-15-29-19-21/h3-13,15-17,19,26-27H,2,14,18H2,1H3,(H,31,35)(H,32,36). The van der Waals surface area contributed by atoms with Gasteiger partial charge in [0.05, 0.1) is 29.7 Å². The molecular weight excluding hydrogens is 468 g/mol. The lowest BCUT2D eigenvalue weighted by atomic mass is 10.0. The number of nitrogens with one attached hydrogen (secondary N) is 2. The normalized spacial score (nSPS) is 17.1. The van der Waals surface area contributed by atoms with Crippen molar-refractivity contribution >= 4 is 28.9 Å². The Kier molecular flexibility index (Phi) is 7.04. The summed E-state index contributed by atoms with van der Waals surface area (Å²) in [5.74, 6) is -0.0404. The van der Waals surface area contributed by atoms with Crippen LogP contribution in [0.3, 0.4) is 0 Å². The lowest BCUT2D eigenvalue weighted by Gasteiger charge is -2.28. The minimum absolute atomic E-state index is 0.0404. The van der Waals surface area contributed by atoms with Gasteiger partial charge in [-0.3, -0.25) is 14.8 Å². The van der Waals surface area contributed by atoms with Gasteiger partial charge in [0.2, 0.25) is 5.91 Å². The van der Waals surface area contributed by atoms with Crippen molar-refractivity contribution in [2.24, 2.45) is 0 Å². The van der Waals surface area contributed by atoms with E-state index in [0.29, 0.717) is 18.1 Å². The van der Waals surface area contributed by atoms with Gasteiger partial charge in [-0.15, -0.1) is 0 Å². The van der Waals surface area contributed by atoms with Crippen LogP contribution >= 0.6 is 12.2 Å². The molecule has 0 bridgehead atoms. The number of thiocarbonyl (C=S) groups is 1. The zero-order valence-electron chi connectivity index (χ0n) is 20.0. The molecule has 0 saturated carbocycles. The van der Waals surface area contributed by atoms with E-state index >= 15 is 0 Å². The Labute approximate surface area is 216 Å². The highest BCUT2D eigenvalue weighted by molar-refractivity contribution is 7.80. The highest BCUT2D eigenvalue weighted by Gasteiger charge is 2.41. The van der Waals surface area contributed by atoms with Crippen molar-refractivity contribution in [1.29, 1.82) is 0 Å². The van der Waals surface area contributed by atoms with E-state index in [2.05, 4.69) is 43.1 Å². The van der Waals surface area contributed by atoms with Gasteiger partial charge >= 0.3 is 0 Å². The van der Waals surface area contributed by atoms with Crippen LogP contribution in [0.2, 0.25) is 0 Å². The van der Waals surface area contributed by atoms with Gasteiger partial charge in [0, 0.05) is 42.9 Å². The van der Waals surface area contributed by atoms with Gasteiger partial charge in [-0.25, -0.2) is 0 Å². The molecule has 36 heavy (non-hydrogen) atoms. The van der Waals surface area contributed by atoms with Gasteiger partial charge in [-0.2, -0.15) is 0 Å². The molecule has 1 saturated heterocycles. The maximum Gasteiger partial charge on any atom is 0.226 e. The van der Waals surface area contributed by atoms with Crippen molar-refractivity contribution in [3.8, 4) is 5.69 Å². The molecule has 3 aromatic heterocycles. The fourth-order valence-electron chi connectivity index (χ4n) is 4.72. The first-order valence-electron chi connectivity index (χ1n) is 12.1. The highest BCUT2D eigenvalue weighted by Crippen LogP contribution is 2.39. The third-order valence-electron chi connectivity index (χ3n) is 6.46. The zero-order chi connectivity index (χ0) is 24.9. The number of aryl methyl sites for hydroxylation is 1. The lowest BCUT2D eigenvalue weighted by Crippen LogP contribution is -2.33. The van der Waals surface area contributed by atoms with Crippen LogP contribution in [-0.4, -0.2) is 37.0 Å². The monoisotopic (exact) mass is 496 g/mol. The third-order valence-corrected chi connectivity index (χ3v) is 6.81. The topological polar surface area (TPSA) is 75.1 Å². The number of pyridine rings is 2. The quantitative estimate of drug-likeness (QED) is 0.340. The lowest BCUT2D eigenvalue weighted by molar-refractivity contribution is -0.116. The van der Waals surface area contributed by atoms with Crippen LogP contribution in [0.5, 0.6) is 0 Å². The van der Waals surface area contributed by atoms with Crippen molar-refractivity contribution in [1.82, 2.24) is 24.8 Å². The van der Waals surface area contributed by atoms with Crippen LogP contribution < -0.4 is 10.6 Å². The molecule has 4 aromatic rings. The van der Waals surface area contributed by atoms with Crippen LogP contribution in [-0.2, 0) is 11.2 Å². The maximum absolute atomic E-state index is 12.9. The van der Waals surface area contributed by atoms with E-state index in [1.54, 1.807) is 12.4 Å². The first-order chi connectivity index (χ1) is 17.7. The van der Waals surface area contributed by atoms with E-state index in [1.807, 2.05) is 73.1 Å². The van der Waals surface area contributed by atoms with Crippen LogP contribution in [0, 0.1) is 0 Å². The van der Waals surface area contributed by atoms with E-state index in [1.165, 1.54) is 0 Å². The smallest absolute Gasteiger partial charge is 0.226 e. The molecule has 4 heterocycles. The number of carbonyl (C=O) groups is 1. The number of hydrogen-bond acceptors (Lipinski definition) is 4. The molecule has 0 aliphatic carbocycles. The first kappa shape index (κ1) is 23.7. The van der Waals surface area contributed by atoms with E-state index in [4.69, 9.17) is 12.2 Å². The number of benzene rings is 1. The Morgan fingerprint density at radius 3 is 2.69 bits per heavy atom. The van der Waals surface area contributed by atoms with Gasteiger partial charge < -0.3 is 20.1 Å². The van der Waals surface area contributed by atoms with Crippen molar-refractivity contribution < 1.29 is 4.79 Å². The Morgan fingerprint density at radius 1 is 1.06 bits per heavy atom. The molecule has 1 fully saturated rings. The molecule has 1 aliphatic rings. The van der Waals surface area contributed by atoms with E-state index < -0.39 is 0 Å². The second-order valence-corrected chi connectivity index (χ2v) is 9.03. The van der Waals surface area contributed by atoms with Crippen molar-refractivity contribution in [2.75, 3.05) is 11.9 Å². The summed E-state index contributed by atoms with van der Waals surface area (Å²) in [4.78, 5) is 24.0. The number of aromatic nitrogens is 3. The largest absolute Gasteiger partial charge is 0.352 e. The molecule has 1 aromatic carbocycles. The highest BCUT2D eigenvalue weighted by atomic mass is 32.1. The van der Waals surface area contributed by atoms with Gasteiger partial charge in [0.15, 0.2) is 5.11 Å². The fourth-order valence-corrected chi connectivity index (χ4v) is 5.05. The number of hydrogen-bond donors (Lipinski definition) is 2. The number of rotatable bonds is 8. The summed E-state index contributed by atoms with van der Waals surface area (Å²) < 4.78 is 2.12. The SMILES string of the molecule is CCc1ccccc1NC(=O)CCN1C(=S)NC(c2ccccn2)C1c1cccn1-c1cccnc1. The van der Waals surface area contributed by atoms with Gasteiger partial charge in [0.25, 0.3) is 0 Å². The second kappa shape index (κ2) is 10.7. The second-order valence-electron chi connectivity index (χ2n) is 8.64. The summed E-state index contributed by atoms with van der Waals surface area (Å²) in [6, 6.07) is 21.5. The molecular formula is C28H28N6OS. The summed E-state index contributed by atoms with van der Waals surface area (Å²) in [6.07, 6.45) is 8.57. The summed E-state index contributed by atoms with van der Waals surface area (Å²) in [7, 11) is 0. The molecule has 0 radical (unpaired) electrons. The minimum atomic E-state index is -0.159. The number of para-hydroxylation sites is 1. The maximum atomic E-state index is 12.9. The van der Waals surface area contributed by atoms with Crippen molar-refractivity contribution in [2.45, 2.75) is 31.8 Å². The average Bonchev–Trinajstić information content (AvgIpc) is 3.53. The van der Waals surface area contributed by atoms with Gasteiger partial charge in [0.1, 0.15) is 0 Å². The molecule has 2 N–H and O–H groups in total. The molecule has 8 heteroatoms. The Morgan fingerprint density at radius 2 is 1.92 bits per heavy atom.